The van der Waals surface area contributed by atoms with Gasteiger partial charge < -0.3 is 19.8 Å². The maximum absolute atomic E-state index is 12.6. The van der Waals surface area contributed by atoms with E-state index in [0.29, 0.717) is 23.9 Å². The molecule has 0 bridgehead atoms. The highest BCUT2D eigenvalue weighted by atomic mass is 31.2. The fourth-order valence-corrected chi connectivity index (χ4v) is 6.07. The van der Waals surface area contributed by atoms with Gasteiger partial charge in [-0.25, -0.2) is 4.57 Å². The van der Waals surface area contributed by atoms with Crippen molar-refractivity contribution in [3.8, 4) is 0 Å². The predicted octanol–water partition coefficient (Wildman–Crippen LogP) is 9.07. The molecule has 0 spiro atoms. The lowest BCUT2D eigenvalue weighted by molar-refractivity contribution is -0.870. The Balaban J connectivity index is 4.26. The fraction of sp³-hybridized carbons (Fsp3) is 0.971. The summed E-state index contributed by atoms with van der Waals surface area (Å²) in [5.74, 6) is -0.157. The Morgan fingerprint density at radius 1 is 0.682 bits per heavy atom. The van der Waals surface area contributed by atoms with E-state index in [1.807, 2.05) is 21.1 Å². The molecule has 3 atom stereocenters. The Bertz CT molecular complexity index is 703. The summed E-state index contributed by atoms with van der Waals surface area (Å²) < 4.78 is 23.4. The maximum Gasteiger partial charge on any atom is 0.472 e. The van der Waals surface area contributed by atoms with Crippen LogP contribution >= 0.6 is 7.82 Å². The lowest BCUT2D eigenvalue weighted by atomic mass is 10.0. The number of hydrogen-bond acceptors (Lipinski definition) is 5. The van der Waals surface area contributed by atoms with E-state index in [1.165, 1.54) is 89.9 Å². The summed E-state index contributed by atoms with van der Waals surface area (Å²) >= 11 is 0. The Kier molecular flexibility index (Phi) is 28.4. The molecule has 1 amide bonds. The van der Waals surface area contributed by atoms with E-state index in [1.54, 1.807) is 0 Å². The molecule has 0 aromatic rings. The third kappa shape index (κ3) is 30.2. The van der Waals surface area contributed by atoms with E-state index in [9.17, 15) is 19.4 Å². The fourth-order valence-electron chi connectivity index (χ4n) is 5.34. The third-order valence-corrected chi connectivity index (χ3v) is 9.34. The van der Waals surface area contributed by atoms with Crippen LogP contribution in [-0.4, -0.2) is 73.4 Å². The first-order chi connectivity index (χ1) is 21.0. The number of unbranched alkanes of at least 4 members (excludes halogenated alkanes) is 20. The summed E-state index contributed by atoms with van der Waals surface area (Å²) in [6, 6.07) is -0.748. The van der Waals surface area contributed by atoms with Crippen LogP contribution in [0.2, 0.25) is 0 Å². The number of phosphoric acid groups is 1. The first kappa shape index (κ1) is 43.5. The minimum absolute atomic E-state index is 0.0773. The molecule has 0 rings (SSSR count). The number of hydrogen-bond donors (Lipinski definition) is 3. The quantitative estimate of drug-likeness (QED) is 0.0372. The number of likely N-dealkylation sites (N-methyl/N-ethyl adjacent to an activating group) is 1. The first-order valence-corrected chi connectivity index (χ1v) is 19.9. The van der Waals surface area contributed by atoms with Crippen LogP contribution in [0.15, 0.2) is 0 Å². The number of rotatable bonds is 33. The van der Waals surface area contributed by atoms with Gasteiger partial charge in [0.25, 0.3) is 0 Å². The van der Waals surface area contributed by atoms with Gasteiger partial charge in [-0.05, 0) is 12.8 Å². The van der Waals surface area contributed by atoms with Gasteiger partial charge in [0, 0.05) is 6.42 Å². The van der Waals surface area contributed by atoms with Crippen LogP contribution in [0.5, 0.6) is 0 Å². The highest BCUT2D eigenvalue weighted by Gasteiger charge is 2.28. The van der Waals surface area contributed by atoms with Crippen LogP contribution in [0.1, 0.15) is 168 Å². The average Bonchev–Trinajstić information content (AvgIpc) is 2.95. The number of aliphatic hydroxyl groups excluding tert-OH is 1. The van der Waals surface area contributed by atoms with Crippen LogP contribution in [0, 0.1) is 0 Å². The molecule has 0 aromatic heterocycles. The van der Waals surface area contributed by atoms with Crippen molar-refractivity contribution < 1.29 is 32.9 Å². The van der Waals surface area contributed by atoms with Gasteiger partial charge in [-0.1, -0.05) is 149 Å². The molecule has 3 unspecified atom stereocenters. The van der Waals surface area contributed by atoms with Crippen LogP contribution in [-0.2, 0) is 18.4 Å². The number of phosphoric ester groups is 1. The summed E-state index contributed by atoms with van der Waals surface area (Å²) in [7, 11) is 1.62. The molecule has 0 radical (unpaired) electrons. The molecule has 264 valence electrons. The van der Waals surface area contributed by atoms with E-state index in [2.05, 4.69) is 19.2 Å². The topological polar surface area (TPSA) is 105 Å². The lowest BCUT2D eigenvalue weighted by Gasteiger charge is -2.26. The van der Waals surface area contributed by atoms with E-state index in [0.717, 1.165) is 51.4 Å². The van der Waals surface area contributed by atoms with Crippen molar-refractivity contribution in [2.24, 2.45) is 0 Å². The second-order valence-corrected chi connectivity index (χ2v) is 15.4. The number of amides is 1. The van der Waals surface area contributed by atoms with Crippen molar-refractivity contribution in [2.45, 2.75) is 180 Å². The van der Waals surface area contributed by atoms with Gasteiger partial charge in [0.2, 0.25) is 5.91 Å². The van der Waals surface area contributed by atoms with Crippen LogP contribution in [0.25, 0.3) is 0 Å². The van der Waals surface area contributed by atoms with Crippen LogP contribution in [0.3, 0.4) is 0 Å². The molecule has 0 heterocycles. The molecule has 8 nitrogen and oxygen atoms in total. The molecule has 0 aliphatic heterocycles. The van der Waals surface area contributed by atoms with Crippen molar-refractivity contribution in [3.05, 3.63) is 0 Å². The summed E-state index contributed by atoms with van der Waals surface area (Å²) in [6.07, 6.45) is 27.3. The zero-order valence-corrected chi connectivity index (χ0v) is 30.6. The lowest BCUT2D eigenvalue weighted by Crippen LogP contribution is -2.46. The van der Waals surface area contributed by atoms with Crippen LogP contribution < -0.4 is 5.32 Å². The molecule has 0 saturated carbocycles. The number of nitrogens with zero attached hydrogens (tertiary/aromatic N) is 1. The third-order valence-electron chi connectivity index (χ3n) is 8.36. The molecular weight excluding hydrogens is 575 g/mol. The van der Waals surface area contributed by atoms with Crippen molar-refractivity contribution in [1.29, 1.82) is 0 Å². The van der Waals surface area contributed by atoms with Crippen LogP contribution in [0.4, 0.5) is 0 Å². The normalized spacial score (nSPS) is 14.8. The standard InChI is InChI=1S/C35H73N2O6P/c1-6-8-10-12-13-14-15-16-17-18-19-20-21-22-23-25-26-28-34(38)33(36-35(39)29-27-24-11-9-7-2)32-43-44(40,41)42-31-30-37(3,4)5/h33-34,38H,6-32H2,1-5H3,(H-,36,39,40,41)/p+1. The smallest absolute Gasteiger partial charge is 0.391 e. The van der Waals surface area contributed by atoms with Gasteiger partial charge >= 0.3 is 7.82 Å². The monoisotopic (exact) mass is 650 g/mol. The van der Waals surface area contributed by atoms with E-state index < -0.39 is 20.0 Å². The SMILES string of the molecule is CCCCCCCCCCCCCCCCCCCC(O)C(COP(=O)(O)OCC[N+](C)(C)C)NC(=O)CCCCCCC. The molecule has 0 fully saturated rings. The van der Waals surface area contributed by atoms with Gasteiger partial charge in [-0.15, -0.1) is 0 Å². The van der Waals surface area contributed by atoms with Gasteiger partial charge in [-0.2, -0.15) is 0 Å². The highest BCUT2D eigenvalue weighted by Crippen LogP contribution is 2.43. The van der Waals surface area contributed by atoms with Gasteiger partial charge in [0.05, 0.1) is 39.9 Å². The summed E-state index contributed by atoms with van der Waals surface area (Å²) in [6.45, 7) is 4.79. The summed E-state index contributed by atoms with van der Waals surface area (Å²) in [5, 5.41) is 13.8. The summed E-state index contributed by atoms with van der Waals surface area (Å²) in [4.78, 5) is 22.7. The Morgan fingerprint density at radius 3 is 1.52 bits per heavy atom. The van der Waals surface area contributed by atoms with E-state index >= 15 is 0 Å². The second kappa shape index (κ2) is 28.7. The molecular formula is C35H74N2O6P+. The predicted molar refractivity (Wildman–Crippen MR) is 185 cm³/mol. The molecule has 0 aliphatic rings. The maximum atomic E-state index is 12.6. The Hall–Kier alpha value is -0.500. The zero-order chi connectivity index (χ0) is 32.9. The van der Waals surface area contributed by atoms with Crippen molar-refractivity contribution in [2.75, 3.05) is 40.9 Å². The number of nitrogens with one attached hydrogen (secondary N) is 1. The molecule has 44 heavy (non-hydrogen) atoms. The largest absolute Gasteiger partial charge is 0.472 e. The Labute approximate surface area is 272 Å². The van der Waals surface area contributed by atoms with E-state index in [4.69, 9.17) is 9.05 Å². The van der Waals surface area contributed by atoms with Crippen molar-refractivity contribution in [3.63, 3.8) is 0 Å². The first-order valence-electron chi connectivity index (χ1n) is 18.4. The van der Waals surface area contributed by atoms with Gasteiger partial charge in [-0.3, -0.25) is 13.8 Å². The van der Waals surface area contributed by atoms with Gasteiger partial charge in [0.15, 0.2) is 0 Å². The average molecular weight is 650 g/mol. The minimum Gasteiger partial charge on any atom is -0.391 e. The molecule has 9 heteroatoms. The number of quaternary nitrogens is 1. The summed E-state index contributed by atoms with van der Waals surface area (Å²) in [5.41, 5.74) is 0. The molecule has 0 aromatic carbocycles. The molecule has 3 N–H and O–H groups in total. The Morgan fingerprint density at radius 2 is 1.09 bits per heavy atom. The highest BCUT2D eigenvalue weighted by molar-refractivity contribution is 7.47. The number of carbonyl (C=O) groups is 1. The van der Waals surface area contributed by atoms with Crippen molar-refractivity contribution >= 4 is 13.7 Å². The molecule has 0 aliphatic carbocycles. The zero-order valence-electron chi connectivity index (χ0n) is 29.7. The van der Waals surface area contributed by atoms with Crippen molar-refractivity contribution in [1.82, 2.24) is 5.32 Å². The molecule has 0 saturated heterocycles. The second-order valence-electron chi connectivity index (χ2n) is 14.0. The van der Waals surface area contributed by atoms with E-state index in [-0.39, 0.29) is 19.1 Å². The number of carbonyl (C=O) groups excluding carboxylic acids is 1. The van der Waals surface area contributed by atoms with Gasteiger partial charge in [0.1, 0.15) is 13.2 Å². The minimum atomic E-state index is -4.29. The number of aliphatic hydroxyl groups is 1.